The van der Waals surface area contributed by atoms with Gasteiger partial charge in [-0.3, -0.25) is 0 Å². The van der Waals surface area contributed by atoms with Gasteiger partial charge in [0.05, 0.1) is 0 Å². The third kappa shape index (κ3) is 4.48. The molecule has 21 heavy (non-hydrogen) atoms. The van der Waals surface area contributed by atoms with Gasteiger partial charge in [0.2, 0.25) is 0 Å². The zero-order valence-corrected chi connectivity index (χ0v) is 13.5. The lowest BCUT2D eigenvalue weighted by Crippen LogP contribution is -2.26. The Kier molecular flexibility index (Phi) is 5.20. The number of aromatic nitrogens is 1. The summed E-state index contributed by atoms with van der Waals surface area (Å²) in [6.45, 7) is 6.22. The molecule has 0 aliphatic carbocycles. The smallest absolute Gasteiger partial charge is 0.128 e. The molecular formula is C18H25N3. The van der Waals surface area contributed by atoms with Gasteiger partial charge in [0.15, 0.2) is 0 Å². The van der Waals surface area contributed by atoms with Crippen LogP contribution < -0.4 is 9.80 Å². The number of nitrogens with zero attached hydrogens (tertiary/aromatic N) is 3. The third-order valence-corrected chi connectivity index (χ3v) is 3.66. The topological polar surface area (TPSA) is 19.4 Å². The summed E-state index contributed by atoms with van der Waals surface area (Å²) in [7, 11) is 4.26. The van der Waals surface area contributed by atoms with Crippen LogP contribution in [-0.2, 0) is 0 Å². The summed E-state index contributed by atoms with van der Waals surface area (Å²) in [5.41, 5.74) is 3.62. The van der Waals surface area contributed by atoms with Crippen molar-refractivity contribution in [2.24, 2.45) is 0 Å². The number of anilines is 2. The van der Waals surface area contributed by atoms with Gasteiger partial charge < -0.3 is 9.80 Å². The highest BCUT2D eigenvalue weighted by Crippen LogP contribution is 2.14. The summed E-state index contributed by atoms with van der Waals surface area (Å²) in [4.78, 5) is 9.13. The Morgan fingerprint density at radius 1 is 0.905 bits per heavy atom. The van der Waals surface area contributed by atoms with Crippen molar-refractivity contribution >= 4 is 11.5 Å². The molecule has 0 aliphatic heterocycles. The highest BCUT2D eigenvalue weighted by atomic mass is 15.2. The fourth-order valence-electron chi connectivity index (χ4n) is 2.49. The molecule has 0 bridgehead atoms. The first kappa shape index (κ1) is 15.4. The zero-order valence-electron chi connectivity index (χ0n) is 13.5. The second-order valence-electron chi connectivity index (χ2n) is 5.68. The molecule has 0 fully saturated rings. The van der Waals surface area contributed by atoms with Gasteiger partial charge in [-0.05, 0) is 50.1 Å². The highest BCUT2D eigenvalue weighted by Gasteiger charge is 2.05. The maximum atomic E-state index is 4.60. The summed E-state index contributed by atoms with van der Waals surface area (Å²) < 4.78 is 0. The van der Waals surface area contributed by atoms with E-state index in [1.165, 1.54) is 11.3 Å². The van der Waals surface area contributed by atoms with Gasteiger partial charge in [0.1, 0.15) is 5.82 Å². The van der Waals surface area contributed by atoms with Crippen LogP contribution in [0.1, 0.15) is 17.7 Å². The van der Waals surface area contributed by atoms with Gasteiger partial charge in [0, 0.05) is 38.6 Å². The molecule has 0 amide bonds. The van der Waals surface area contributed by atoms with E-state index in [0.29, 0.717) is 0 Å². The minimum absolute atomic E-state index is 1.01. The number of aryl methyl sites for hydroxylation is 2. The number of para-hydroxylation sites is 1. The Balaban J connectivity index is 1.85. The number of pyridine rings is 1. The van der Waals surface area contributed by atoms with Gasteiger partial charge in [-0.1, -0.05) is 18.2 Å². The Morgan fingerprint density at radius 3 is 2.24 bits per heavy atom. The Morgan fingerprint density at radius 2 is 1.57 bits per heavy atom. The van der Waals surface area contributed by atoms with Crippen LogP contribution in [0, 0.1) is 13.8 Å². The molecule has 0 aliphatic rings. The average Bonchev–Trinajstić information content (AvgIpc) is 2.47. The van der Waals surface area contributed by atoms with Crippen LogP contribution in [-0.4, -0.2) is 32.2 Å². The van der Waals surface area contributed by atoms with Crippen molar-refractivity contribution in [2.45, 2.75) is 20.3 Å². The maximum absolute atomic E-state index is 4.60. The maximum Gasteiger partial charge on any atom is 0.128 e. The van der Waals surface area contributed by atoms with Crippen LogP contribution in [0.5, 0.6) is 0 Å². The molecule has 1 heterocycles. The summed E-state index contributed by atoms with van der Waals surface area (Å²) in [6, 6.07) is 14.8. The van der Waals surface area contributed by atoms with Crippen molar-refractivity contribution in [1.82, 2.24) is 4.98 Å². The van der Waals surface area contributed by atoms with E-state index in [2.05, 4.69) is 78.3 Å². The van der Waals surface area contributed by atoms with Crippen LogP contribution in [0.3, 0.4) is 0 Å². The van der Waals surface area contributed by atoms with Crippen molar-refractivity contribution in [1.29, 1.82) is 0 Å². The van der Waals surface area contributed by atoms with E-state index in [9.17, 15) is 0 Å². The molecule has 0 unspecified atom stereocenters. The minimum Gasteiger partial charge on any atom is -0.375 e. The molecule has 0 saturated carbocycles. The fourth-order valence-corrected chi connectivity index (χ4v) is 2.49. The second kappa shape index (κ2) is 7.11. The number of rotatable bonds is 6. The van der Waals surface area contributed by atoms with Gasteiger partial charge in [-0.25, -0.2) is 4.98 Å². The molecule has 2 aromatic rings. The van der Waals surface area contributed by atoms with Gasteiger partial charge in [-0.2, -0.15) is 0 Å². The Hall–Kier alpha value is -2.03. The largest absolute Gasteiger partial charge is 0.375 e. The van der Waals surface area contributed by atoms with Crippen molar-refractivity contribution in [3.8, 4) is 0 Å². The molecule has 3 nitrogen and oxygen atoms in total. The predicted octanol–water partition coefficient (Wildman–Crippen LogP) is 3.66. The normalized spacial score (nSPS) is 10.5. The lowest BCUT2D eigenvalue weighted by atomic mass is 10.2. The first-order chi connectivity index (χ1) is 10.1. The number of benzene rings is 1. The first-order valence-corrected chi connectivity index (χ1v) is 7.49. The van der Waals surface area contributed by atoms with E-state index in [1.54, 1.807) is 0 Å². The van der Waals surface area contributed by atoms with E-state index in [1.807, 2.05) is 6.92 Å². The third-order valence-electron chi connectivity index (χ3n) is 3.66. The molecule has 3 heteroatoms. The molecular weight excluding hydrogens is 258 g/mol. The van der Waals surface area contributed by atoms with Crippen LogP contribution >= 0.6 is 0 Å². The van der Waals surface area contributed by atoms with Crippen molar-refractivity contribution in [3.05, 3.63) is 53.7 Å². The number of hydrogen-bond donors (Lipinski definition) is 0. The summed E-state index contributed by atoms with van der Waals surface area (Å²) >= 11 is 0. The molecule has 0 radical (unpaired) electrons. The van der Waals surface area contributed by atoms with Crippen LogP contribution in [0.2, 0.25) is 0 Å². The molecule has 0 atom stereocenters. The highest BCUT2D eigenvalue weighted by molar-refractivity contribution is 5.45. The molecule has 1 aromatic heterocycles. The van der Waals surface area contributed by atoms with Gasteiger partial charge in [-0.15, -0.1) is 0 Å². The van der Waals surface area contributed by atoms with Crippen LogP contribution in [0.4, 0.5) is 11.5 Å². The lowest BCUT2D eigenvalue weighted by molar-refractivity contribution is 0.755. The second-order valence-corrected chi connectivity index (χ2v) is 5.68. The minimum atomic E-state index is 1.01. The van der Waals surface area contributed by atoms with Gasteiger partial charge >= 0.3 is 0 Å². The molecule has 0 spiro atoms. The van der Waals surface area contributed by atoms with Crippen LogP contribution in [0.25, 0.3) is 0 Å². The zero-order chi connectivity index (χ0) is 15.2. The fraction of sp³-hybridized carbons (Fsp3) is 0.389. The molecule has 0 N–H and O–H groups in total. The molecule has 112 valence electrons. The van der Waals surface area contributed by atoms with E-state index in [4.69, 9.17) is 0 Å². The van der Waals surface area contributed by atoms with E-state index in [-0.39, 0.29) is 0 Å². The number of hydrogen-bond acceptors (Lipinski definition) is 3. The van der Waals surface area contributed by atoms with E-state index < -0.39 is 0 Å². The standard InChI is InChI=1S/C18H25N3/c1-15-13-16(2)19-18(14-15)21(4)12-8-11-20(3)17-9-6-5-7-10-17/h5-7,9-10,13-14H,8,11-12H2,1-4H3. The van der Waals surface area contributed by atoms with Crippen LogP contribution in [0.15, 0.2) is 42.5 Å². The average molecular weight is 283 g/mol. The predicted molar refractivity (Wildman–Crippen MR) is 91.3 cm³/mol. The molecule has 0 saturated heterocycles. The van der Waals surface area contributed by atoms with E-state index >= 15 is 0 Å². The molecule has 2 rings (SSSR count). The monoisotopic (exact) mass is 283 g/mol. The summed E-state index contributed by atoms with van der Waals surface area (Å²) in [5.74, 6) is 1.06. The molecule has 1 aromatic carbocycles. The van der Waals surface area contributed by atoms with Gasteiger partial charge in [0.25, 0.3) is 0 Å². The van der Waals surface area contributed by atoms with Crippen molar-refractivity contribution in [2.75, 3.05) is 37.0 Å². The first-order valence-electron chi connectivity index (χ1n) is 7.49. The summed E-state index contributed by atoms with van der Waals surface area (Å²) in [6.07, 6.45) is 1.11. The van der Waals surface area contributed by atoms with E-state index in [0.717, 1.165) is 31.0 Å². The quantitative estimate of drug-likeness (QED) is 0.806. The van der Waals surface area contributed by atoms with Crippen molar-refractivity contribution in [3.63, 3.8) is 0 Å². The SMILES string of the molecule is Cc1cc(C)nc(N(C)CCCN(C)c2ccccc2)c1. The lowest BCUT2D eigenvalue weighted by Gasteiger charge is -2.23. The Labute approximate surface area is 128 Å². The van der Waals surface area contributed by atoms with Crippen molar-refractivity contribution < 1.29 is 0 Å². The summed E-state index contributed by atoms with van der Waals surface area (Å²) in [5, 5.41) is 0. The Bertz CT molecular complexity index is 546.